The number of hydrogen-bond acceptors (Lipinski definition) is 1. The lowest BCUT2D eigenvalue weighted by Gasteiger charge is -2.14. The molecule has 25 heavy (non-hydrogen) atoms. The second-order valence-corrected chi connectivity index (χ2v) is 8.11. The molecule has 1 aliphatic rings. The molecule has 1 N–H and O–H groups in total. The van der Waals surface area contributed by atoms with Gasteiger partial charge in [0.25, 0.3) is 0 Å². The molecule has 1 unspecified atom stereocenters. The number of hydrogen-bond donors (Lipinski definition) is 1. The van der Waals surface area contributed by atoms with Crippen molar-refractivity contribution in [2.24, 2.45) is 17.8 Å². The summed E-state index contributed by atoms with van der Waals surface area (Å²) in [5, 5.41) is 9.34. The average molecular weight is 349 g/mol. The summed E-state index contributed by atoms with van der Waals surface area (Å²) in [4.78, 5) is 0. The van der Waals surface area contributed by atoms with Crippen LogP contribution >= 0.6 is 0 Å². The molecule has 0 aliphatic heterocycles. The van der Waals surface area contributed by atoms with Crippen LogP contribution in [0.4, 0.5) is 0 Å². The summed E-state index contributed by atoms with van der Waals surface area (Å²) in [7, 11) is 0. The van der Waals surface area contributed by atoms with Gasteiger partial charge in [0.1, 0.15) is 0 Å². The molecule has 0 radical (unpaired) electrons. The fraction of sp³-hybridized carbons (Fsp3) is 0.833. The number of unbranched alkanes of at least 4 members (excludes halogenated alkanes) is 5. The summed E-state index contributed by atoms with van der Waals surface area (Å²) in [6, 6.07) is 0. The molecule has 0 amide bonds. The van der Waals surface area contributed by atoms with Crippen LogP contribution in [0.25, 0.3) is 0 Å². The third kappa shape index (κ3) is 10.9. The molecule has 3 atom stereocenters. The Morgan fingerprint density at radius 3 is 2.48 bits per heavy atom. The predicted octanol–water partition coefficient (Wildman–Crippen LogP) is 7.45. The van der Waals surface area contributed by atoms with Crippen molar-refractivity contribution in [1.82, 2.24) is 0 Å². The van der Waals surface area contributed by atoms with E-state index in [2.05, 4.69) is 38.2 Å². The lowest BCUT2D eigenvalue weighted by atomic mass is 9.91. The Labute approximate surface area is 158 Å². The molecule has 1 aliphatic carbocycles. The van der Waals surface area contributed by atoms with Gasteiger partial charge in [-0.2, -0.15) is 0 Å². The Hall–Kier alpha value is -0.560. The smallest absolute Gasteiger partial charge is 0.0459 e. The Kier molecular flexibility index (Phi) is 14.1. The average Bonchev–Trinajstić information content (AvgIpc) is 3.07. The van der Waals surface area contributed by atoms with Crippen LogP contribution < -0.4 is 0 Å². The zero-order valence-electron chi connectivity index (χ0n) is 17.1. The zero-order valence-corrected chi connectivity index (χ0v) is 17.1. The van der Waals surface area contributed by atoms with Gasteiger partial charge < -0.3 is 5.11 Å². The summed E-state index contributed by atoms with van der Waals surface area (Å²) >= 11 is 0. The van der Waals surface area contributed by atoms with E-state index in [1.165, 1.54) is 89.9 Å². The molecule has 0 bridgehead atoms. The van der Waals surface area contributed by atoms with Crippen LogP contribution in [-0.4, -0.2) is 11.7 Å². The Bertz CT molecular complexity index is 344. The van der Waals surface area contributed by atoms with Gasteiger partial charge in [0, 0.05) is 6.61 Å². The van der Waals surface area contributed by atoms with Gasteiger partial charge >= 0.3 is 0 Å². The first kappa shape index (κ1) is 22.5. The van der Waals surface area contributed by atoms with Crippen LogP contribution in [0.3, 0.4) is 0 Å². The van der Waals surface area contributed by atoms with Gasteiger partial charge in [-0.3, -0.25) is 0 Å². The molecule has 1 fully saturated rings. The summed E-state index contributed by atoms with van der Waals surface area (Å²) in [6.07, 6.45) is 28.1. The highest BCUT2D eigenvalue weighted by molar-refractivity contribution is 4.97. The molecule has 0 aromatic carbocycles. The van der Waals surface area contributed by atoms with E-state index in [1.807, 2.05) is 0 Å². The molecule has 0 spiro atoms. The minimum atomic E-state index is 0.367. The van der Waals surface area contributed by atoms with Crippen LogP contribution in [0.1, 0.15) is 104 Å². The van der Waals surface area contributed by atoms with Crippen molar-refractivity contribution in [3.05, 3.63) is 24.3 Å². The van der Waals surface area contributed by atoms with Crippen molar-refractivity contribution in [1.29, 1.82) is 0 Å². The van der Waals surface area contributed by atoms with E-state index in [9.17, 15) is 5.11 Å². The summed E-state index contributed by atoms with van der Waals surface area (Å²) in [5.74, 6) is 2.24. The van der Waals surface area contributed by atoms with Gasteiger partial charge in [0.2, 0.25) is 0 Å². The van der Waals surface area contributed by atoms with Crippen molar-refractivity contribution in [2.45, 2.75) is 104 Å². The highest BCUT2D eigenvalue weighted by atomic mass is 16.3. The molecule has 1 heteroatoms. The first-order chi connectivity index (χ1) is 12.3. The van der Waals surface area contributed by atoms with E-state index in [1.54, 1.807) is 0 Å². The maximum Gasteiger partial charge on any atom is 0.0459 e. The third-order valence-electron chi connectivity index (χ3n) is 5.87. The van der Waals surface area contributed by atoms with Crippen LogP contribution in [0.2, 0.25) is 0 Å². The normalized spacial score (nSPS) is 22.4. The van der Waals surface area contributed by atoms with E-state index in [0.717, 1.165) is 11.8 Å². The molecule has 1 saturated carbocycles. The van der Waals surface area contributed by atoms with Gasteiger partial charge in [-0.05, 0) is 75.5 Å². The Morgan fingerprint density at radius 2 is 1.72 bits per heavy atom. The van der Waals surface area contributed by atoms with Crippen LogP contribution in [0.15, 0.2) is 24.3 Å². The summed E-state index contributed by atoms with van der Waals surface area (Å²) < 4.78 is 0. The van der Waals surface area contributed by atoms with Gasteiger partial charge in [-0.1, -0.05) is 70.3 Å². The molecule has 0 aromatic rings. The molecular weight excluding hydrogens is 304 g/mol. The van der Waals surface area contributed by atoms with Crippen molar-refractivity contribution in [3.8, 4) is 0 Å². The second-order valence-electron chi connectivity index (χ2n) is 8.11. The Balaban J connectivity index is 2.14. The van der Waals surface area contributed by atoms with Crippen molar-refractivity contribution >= 4 is 0 Å². The Morgan fingerprint density at radius 1 is 0.880 bits per heavy atom. The van der Waals surface area contributed by atoms with Crippen LogP contribution in [0.5, 0.6) is 0 Å². The first-order valence-corrected chi connectivity index (χ1v) is 11.2. The molecule has 0 aromatic heterocycles. The van der Waals surface area contributed by atoms with Crippen molar-refractivity contribution in [3.63, 3.8) is 0 Å². The predicted molar refractivity (Wildman–Crippen MR) is 112 cm³/mol. The fourth-order valence-corrected chi connectivity index (χ4v) is 4.22. The van der Waals surface area contributed by atoms with Gasteiger partial charge in [-0.25, -0.2) is 0 Å². The minimum absolute atomic E-state index is 0.367. The first-order valence-electron chi connectivity index (χ1n) is 11.2. The monoisotopic (exact) mass is 348 g/mol. The van der Waals surface area contributed by atoms with E-state index in [0.29, 0.717) is 12.5 Å². The lowest BCUT2D eigenvalue weighted by molar-refractivity contribution is 0.208. The maximum absolute atomic E-state index is 9.34. The summed E-state index contributed by atoms with van der Waals surface area (Å²) in [5.41, 5.74) is 0. The van der Waals surface area contributed by atoms with E-state index in [4.69, 9.17) is 0 Å². The number of aliphatic hydroxyl groups is 1. The largest absolute Gasteiger partial charge is 0.396 e. The summed E-state index contributed by atoms with van der Waals surface area (Å²) in [6.45, 7) is 4.86. The van der Waals surface area contributed by atoms with E-state index in [-0.39, 0.29) is 0 Å². The lowest BCUT2D eigenvalue weighted by Crippen LogP contribution is -2.05. The number of allylic oxidation sites excluding steroid dienone is 4. The van der Waals surface area contributed by atoms with E-state index >= 15 is 0 Å². The molecule has 0 heterocycles. The van der Waals surface area contributed by atoms with Gasteiger partial charge in [0.05, 0.1) is 0 Å². The van der Waals surface area contributed by atoms with Crippen molar-refractivity contribution in [2.75, 3.05) is 6.61 Å². The minimum Gasteiger partial charge on any atom is -0.396 e. The second kappa shape index (κ2) is 15.7. The van der Waals surface area contributed by atoms with Gasteiger partial charge in [0.15, 0.2) is 0 Å². The highest BCUT2D eigenvalue weighted by Crippen LogP contribution is 2.35. The molecule has 0 saturated heterocycles. The SMILES string of the molecule is CCCCCCC=C[C@H]1CCC[C@@H]1CC=CCCCC(CO)CCC. The van der Waals surface area contributed by atoms with Gasteiger partial charge in [-0.15, -0.1) is 0 Å². The van der Waals surface area contributed by atoms with E-state index < -0.39 is 0 Å². The standard InChI is InChI=1S/C24H44O/c1-3-5-6-7-8-12-17-23-19-14-20-24(23)18-13-10-9-11-16-22(21-25)15-4-2/h10,12-13,17,22-25H,3-9,11,14-16,18-21H2,1-2H3/t22?,23-,24-/m0/s1. The number of rotatable bonds is 15. The van der Waals surface area contributed by atoms with Crippen molar-refractivity contribution < 1.29 is 5.11 Å². The molecule has 1 nitrogen and oxygen atoms in total. The topological polar surface area (TPSA) is 20.2 Å². The molecular formula is C24H44O. The number of aliphatic hydroxyl groups excluding tert-OH is 1. The quantitative estimate of drug-likeness (QED) is 0.240. The maximum atomic E-state index is 9.34. The van der Waals surface area contributed by atoms with Crippen LogP contribution in [-0.2, 0) is 0 Å². The molecule has 1 rings (SSSR count). The third-order valence-corrected chi connectivity index (χ3v) is 5.87. The zero-order chi connectivity index (χ0) is 18.2. The highest BCUT2D eigenvalue weighted by Gasteiger charge is 2.23. The van der Waals surface area contributed by atoms with Crippen LogP contribution in [0, 0.1) is 17.8 Å². The fourth-order valence-electron chi connectivity index (χ4n) is 4.22. The molecule has 146 valence electrons.